The van der Waals surface area contributed by atoms with Gasteiger partial charge in [0.2, 0.25) is 0 Å². The van der Waals surface area contributed by atoms with E-state index in [1.807, 2.05) is 0 Å². The van der Waals surface area contributed by atoms with Crippen molar-refractivity contribution in [1.82, 2.24) is 0 Å². The Morgan fingerprint density at radius 1 is 0.882 bits per heavy atom. The number of hydrogen-bond acceptors (Lipinski definition) is 6. The Kier molecular flexibility index (Phi) is 9.37. The van der Waals surface area contributed by atoms with Gasteiger partial charge in [-0.15, -0.1) is 0 Å². The van der Waals surface area contributed by atoms with E-state index >= 15 is 0 Å². The van der Waals surface area contributed by atoms with Crippen LogP contribution < -0.4 is 0 Å². The molecule has 0 atom stereocenters. The van der Waals surface area contributed by atoms with E-state index in [1.54, 1.807) is 6.92 Å². The molecule has 6 heteroatoms. The second kappa shape index (κ2) is 10.0. The summed E-state index contributed by atoms with van der Waals surface area (Å²) in [5.74, 6) is -2.03. The van der Waals surface area contributed by atoms with Crippen molar-refractivity contribution in [3.05, 3.63) is 0 Å². The highest BCUT2D eigenvalue weighted by atomic mass is 16.6. The van der Waals surface area contributed by atoms with Crippen LogP contribution in [0, 0.1) is 5.92 Å². The summed E-state index contributed by atoms with van der Waals surface area (Å²) in [6.07, 6.45) is 0.345. The molecule has 0 rings (SSSR count). The third-order valence-electron chi connectivity index (χ3n) is 2.04. The van der Waals surface area contributed by atoms with Gasteiger partial charge in [-0.05, 0) is 6.42 Å². The minimum absolute atomic E-state index is 0.136. The van der Waals surface area contributed by atoms with E-state index in [-0.39, 0.29) is 13.2 Å². The van der Waals surface area contributed by atoms with E-state index in [9.17, 15) is 9.59 Å². The van der Waals surface area contributed by atoms with Crippen LogP contribution in [0.4, 0.5) is 0 Å². The molecular weight excluding hydrogens is 228 g/mol. The fraction of sp³-hybridized carbons (Fsp3) is 0.818. The lowest BCUT2D eigenvalue weighted by Gasteiger charge is -2.13. The highest BCUT2D eigenvalue weighted by Crippen LogP contribution is 2.08. The Hall–Kier alpha value is -1.14. The largest absolute Gasteiger partial charge is 0.463 e. The molecule has 0 saturated heterocycles. The average Bonchev–Trinajstić information content (AvgIpc) is 2.30. The van der Waals surface area contributed by atoms with Gasteiger partial charge in [-0.2, -0.15) is 0 Å². The number of methoxy groups -OCH3 is 2. The summed E-state index contributed by atoms with van der Waals surface area (Å²) in [4.78, 5) is 23.0. The van der Waals surface area contributed by atoms with Crippen molar-refractivity contribution in [3.8, 4) is 0 Å². The van der Waals surface area contributed by atoms with Gasteiger partial charge in [-0.1, -0.05) is 6.92 Å². The van der Waals surface area contributed by atoms with Crippen molar-refractivity contribution >= 4 is 11.9 Å². The molecule has 0 aliphatic rings. The molecule has 0 aliphatic carbocycles. The fourth-order valence-electron chi connectivity index (χ4n) is 1.08. The van der Waals surface area contributed by atoms with Gasteiger partial charge in [0, 0.05) is 14.2 Å². The van der Waals surface area contributed by atoms with E-state index in [2.05, 4.69) is 0 Å². The summed E-state index contributed by atoms with van der Waals surface area (Å²) >= 11 is 0. The average molecular weight is 248 g/mol. The van der Waals surface area contributed by atoms with Crippen molar-refractivity contribution < 1.29 is 28.5 Å². The van der Waals surface area contributed by atoms with Crippen LogP contribution in [0.2, 0.25) is 0 Å². The van der Waals surface area contributed by atoms with Gasteiger partial charge in [0.1, 0.15) is 13.2 Å². The second-order valence-corrected chi connectivity index (χ2v) is 3.28. The first-order valence-corrected chi connectivity index (χ1v) is 5.48. The summed E-state index contributed by atoms with van der Waals surface area (Å²) in [6, 6.07) is 0. The first-order valence-electron chi connectivity index (χ1n) is 5.48. The van der Waals surface area contributed by atoms with Crippen LogP contribution >= 0.6 is 0 Å². The van der Waals surface area contributed by atoms with Crippen molar-refractivity contribution in [2.24, 2.45) is 5.92 Å². The maximum absolute atomic E-state index is 11.5. The zero-order valence-corrected chi connectivity index (χ0v) is 10.6. The predicted octanol–water partition coefficient (Wildman–Crippen LogP) is 0.392. The summed E-state index contributed by atoms with van der Waals surface area (Å²) in [5, 5.41) is 0. The van der Waals surface area contributed by atoms with Crippen molar-refractivity contribution in [1.29, 1.82) is 0 Å². The number of esters is 2. The van der Waals surface area contributed by atoms with Gasteiger partial charge in [0.25, 0.3) is 0 Å². The first kappa shape index (κ1) is 15.9. The molecule has 0 N–H and O–H groups in total. The summed E-state index contributed by atoms with van der Waals surface area (Å²) in [7, 11) is 3.01. The van der Waals surface area contributed by atoms with E-state index in [0.29, 0.717) is 19.6 Å². The van der Waals surface area contributed by atoms with E-state index < -0.39 is 17.9 Å². The fourth-order valence-corrected chi connectivity index (χ4v) is 1.08. The molecule has 0 amide bonds. The van der Waals surface area contributed by atoms with Crippen LogP contribution in [0.5, 0.6) is 0 Å². The number of hydrogen-bond donors (Lipinski definition) is 0. The number of carbonyl (C=O) groups is 2. The lowest BCUT2D eigenvalue weighted by atomic mass is 10.1. The van der Waals surface area contributed by atoms with Crippen molar-refractivity contribution in [2.45, 2.75) is 13.3 Å². The molecule has 0 heterocycles. The van der Waals surface area contributed by atoms with Gasteiger partial charge in [-0.3, -0.25) is 9.59 Å². The summed E-state index contributed by atoms with van der Waals surface area (Å²) < 4.78 is 19.2. The standard InChI is InChI=1S/C11H20O6/c1-4-9(10(12)16-7-5-14-2)11(13)17-8-6-15-3/h9H,4-8H2,1-3H3. The highest BCUT2D eigenvalue weighted by Gasteiger charge is 2.27. The van der Waals surface area contributed by atoms with Crippen molar-refractivity contribution in [2.75, 3.05) is 40.6 Å². The molecule has 100 valence electrons. The molecule has 17 heavy (non-hydrogen) atoms. The third kappa shape index (κ3) is 6.91. The number of rotatable bonds is 9. The Morgan fingerprint density at radius 2 is 1.29 bits per heavy atom. The Balaban J connectivity index is 4.01. The molecule has 0 aromatic heterocycles. The molecule has 0 unspecified atom stereocenters. The first-order chi connectivity index (χ1) is 8.17. The lowest BCUT2D eigenvalue weighted by Crippen LogP contribution is -2.29. The maximum Gasteiger partial charge on any atom is 0.320 e. The third-order valence-corrected chi connectivity index (χ3v) is 2.04. The molecular formula is C11H20O6. The topological polar surface area (TPSA) is 71.1 Å². The van der Waals surface area contributed by atoms with Crippen LogP contribution in [0.1, 0.15) is 13.3 Å². The minimum Gasteiger partial charge on any atom is -0.463 e. The molecule has 0 spiro atoms. The van der Waals surface area contributed by atoms with Crippen LogP contribution in [0.3, 0.4) is 0 Å². The molecule has 0 aromatic carbocycles. The smallest absolute Gasteiger partial charge is 0.320 e. The van der Waals surface area contributed by atoms with Crippen LogP contribution in [0.25, 0.3) is 0 Å². The number of carbonyl (C=O) groups excluding carboxylic acids is 2. The van der Waals surface area contributed by atoms with Gasteiger partial charge in [0.15, 0.2) is 5.92 Å². The van der Waals surface area contributed by atoms with Gasteiger partial charge >= 0.3 is 11.9 Å². The van der Waals surface area contributed by atoms with E-state index in [0.717, 1.165) is 0 Å². The zero-order chi connectivity index (χ0) is 13.1. The van der Waals surface area contributed by atoms with Crippen LogP contribution in [-0.2, 0) is 28.5 Å². The Labute approximate surface area is 101 Å². The Morgan fingerprint density at radius 3 is 1.59 bits per heavy atom. The maximum atomic E-state index is 11.5. The minimum atomic E-state index is -0.872. The number of ether oxygens (including phenoxy) is 4. The molecule has 0 saturated carbocycles. The van der Waals surface area contributed by atoms with E-state index in [1.165, 1.54) is 14.2 Å². The Bertz CT molecular complexity index is 206. The monoisotopic (exact) mass is 248 g/mol. The van der Waals surface area contributed by atoms with Gasteiger partial charge in [0.05, 0.1) is 13.2 Å². The van der Waals surface area contributed by atoms with E-state index in [4.69, 9.17) is 18.9 Å². The molecule has 0 aromatic rings. The van der Waals surface area contributed by atoms with Crippen molar-refractivity contribution in [3.63, 3.8) is 0 Å². The molecule has 0 aliphatic heterocycles. The highest BCUT2D eigenvalue weighted by molar-refractivity contribution is 5.94. The van der Waals surface area contributed by atoms with Gasteiger partial charge in [-0.25, -0.2) is 0 Å². The zero-order valence-electron chi connectivity index (χ0n) is 10.6. The van der Waals surface area contributed by atoms with Gasteiger partial charge < -0.3 is 18.9 Å². The van der Waals surface area contributed by atoms with Crippen LogP contribution in [-0.4, -0.2) is 52.6 Å². The SMILES string of the molecule is CCC(C(=O)OCCOC)C(=O)OCCOC. The molecule has 0 radical (unpaired) electrons. The quantitative estimate of drug-likeness (QED) is 0.334. The molecule has 0 bridgehead atoms. The molecule has 0 fully saturated rings. The van der Waals surface area contributed by atoms with Crippen LogP contribution in [0.15, 0.2) is 0 Å². The summed E-state index contributed by atoms with van der Waals surface area (Å²) in [5.41, 5.74) is 0. The summed E-state index contributed by atoms with van der Waals surface area (Å²) in [6.45, 7) is 2.61. The lowest BCUT2D eigenvalue weighted by molar-refractivity contribution is -0.163. The molecule has 6 nitrogen and oxygen atoms in total. The second-order valence-electron chi connectivity index (χ2n) is 3.28. The normalized spacial score (nSPS) is 10.4. The predicted molar refractivity (Wildman–Crippen MR) is 59.5 cm³/mol.